The number of thioether (sulfide) groups is 1. The lowest BCUT2D eigenvalue weighted by Gasteiger charge is -2.22. The Kier molecular flexibility index (Phi) is 6.45. The SMILES string of the molecule is CCCCCCCC[C@@]1(C)SC(=O)C(C(C)C)=C1O. The minimum absolute atomic E-state index is 0.0704. The average Bonchev–Trinajstić information content (AvgIpc) is 2.55. The van der Waals surface area contributed by atoms with E-state index in [0.717, 1.165) is 12.8 Å². The molecule has 19 heavy (non-hydrogen) atoms. The normalized spacial score (nSPS) is 23.7. The second-order valence-electron chi connectivity index (χ2n) is 6.06. The molecule has 0 saturated heterocycles. The summed E-state index contributed by atoms with van der Waals surface area (Å²) >= 11 is 1.32. The van der Waals surface area contributed by atoms with E-state index in [4.69, 9.17) is 0 Å². The third-order valence-corrected chi connectivity index (χ3v) is 5.13. The van der Waals surface area contributed by atoms with Crippen molar-refractivity contribution in [3.8, 4) is 0 Å². The fraction of sp³-hybridized carbons (Fsp3) is 0.812. The molecule has 1 atom stereocenters. The highest BCUT2D eigenvalue weighted by atomic mass is 32.2. The first kappa shape index (κ1) is 16.6. The summed E-state index contributed by atoms with van der Waals surface area (Å²) in [4.78, 5) is 12.0. The number of carbonyl (C=O) groups is 1. The smallest absolute Gasteiger partial charge is 0.219 e. The molecule has 1 aliphatic rings. The summed E-state index contributed by atoms with van der Waals surface area (Å²) < 4.78 is -0.374. The first-order valence-corrected chi connectivity index (χ1v) is 8.41. The van der Waals surface area contributed by atoms with Crippen molar-refractivity contribution in [3.05, 3.63) is 11.3 Å². The molecular weight excluding hydrogens is 256 g/mol. The summed E-state index contributed by atoms with van der Waals surface area (Å²) in [6.45, 7) is 8.17. The van der Waals surface area contributed by atoms with Crippen molar-refractivity contribution < 1.29 is 9.90 Å². The zero-order chi connectivity index (χ0) is 14.5. The zero-order valence-electron chi connectivity index (χ0n) is 12.8. The van der Waals surface area contributed by atoms with Gasteiger partial charge in [0.2, 0.25) is 5.12 Å². The van der Waals surface area contributed by atoms with E-state index >= 15 is 0 Å². The standard InChI is InChI=1S/C16H28O2S/c1-5-6-7-8-9-10-11-16(4)14(17)13(12(2)3)15(18)19-16/h12,17H,5-11H2,1-4H3/t16-/m1/s1. The van der Waals surface area contributed by atoms with Crippen molar-refractivity contribution in [3.63, 3.8) is 0 Å². The lowest BCUT2D eigenvalue weighted by molar-refractivity contribution is -0.108. The molecule has 0 amide bonds. The van der Waals surface area contributed by atoms with Crippen LogP contribution in [0.3, 0.4) is 0 Å². The van der Waals surface area contributed by atoms with Crippen LogP contribution in [0, 0.1) is 5.92 Å². The molecule has 0 aromatic heterocycles. The number of unbranched alkanes of at least 4 members (excludes halogenated alkanes) is 5. The van der Waals surface area contributed by atoms with E-state index in [1.54, 1.807) is 0 Å². The van der Waals surface area contributed by atoms with Gasteiger partial charge in [0.15, 0.2) is 0 Å². The van der Waals surface area contributed by atoms with E-state index in [9.17, 15) is 9.90 Å². The van der Waals surface area contributed by atoms with Crippen LogP contribution in [0.2, 0.25) is 0 Å². The van der Waals surface area contributed by atoms with E-state index in [1.807, 2.05) is 20.8 Å². The van der Waals surface area contributed by atoms with E-state index in [-0.39, 0.29) is 15.8 Å². The largest absolute Gasteiger partial charge is 0.510 e. The average molecular weight is 284 g/mol. The number of rotatable bonds is 8. The summed E-state index contributed by atoms with van der Waals surface area (Å²) in [6.07, 6.45) is 8.35. The van der Waals surface area contributed by atoms with Gasteiger partial charge in [-0.3, -0.25) is 4.79 Å². The lowest BCUT2D eigenvalue weighted by Crippen LogP contribution is -2.20. The first-order valence-electron chi connectivity index (χ1n) is 7.59. The molecule has 0 spiro atoms. The van der Waals surface area contributed by atoms with Gasteiger partial charge in [0.25, 0.3) is 0 Å². The number of hydrogen-bond acceptors (Lipinski definition) is 3. The number of carbonyl (C=O) groups excluding carboxylic acids is 1. The molecule has 3 heteroatoms. The maximum atomic E-state index is 12.0. The minimum atomic E-state index is -0.374. The van der Waals surface area contributed by atoms with E-state index in [1.165, 1.54) is 43.9 Å². The Hall–Kier alpha value is -0.440. The highest BCUT2D eigenvalue weighted by Crippen LogP contribution is 2.47. The Morgan fingerprint density at radius 1 is 1.16 bits per heavy atom. The van der Waals surface area contributed by atoms with Crippen LogP contribution in [-0.2, 0) is 4.79 Å². The van der Waals surface area contributed by atoms with Crippen LogP contribution in [0.5, 0.6) is 0 Å². The van der Waals surface area contributed by atoms with Gasteiger partial charge >= 0.3 is 0 Å². The van der Waals surface area contributed by atoms with Crippen LogP contribution in [-0.4, -0.2) is 15.0 Å². The molecule has 0 saturated carbocycles. The Labute approximate surface area is 122 Å². The molecule has 0 fully saturated rings. The van der Waals surface area contributed by atoms with Gasteiger partial charge < -0.3 is 5.11 Å². The third kappa shape index (κ3) is 4.27. The summed E-state index contributed by atoms with van der Waals surface area (Å²) in [5, 5.41) is 10.4. The molecule has 1 aliphatic heterocycles. The molecule has 0 aromatic carbocycles. The van der Waals surface area contributed by atoms with Gasteiger partial charge in [-0.1, -0.05) is 71.1 Å². The summed E-state index contributed by atoms with van der Waals surface area (Å²) in [5.41, 5.74) is 0.637. The molecule has 110 valence electrons. The summed E-state index contributed by atoms with van der Waals surface area (Å²) in [7, 11) is 0. The highest BCUT2D eigenvalue weighted by Gasteiger charge is 2.43. The van der Waals surface area contributed by atoms with Crippen molar-refractivity contribution >= 4 is 16.9 Å². The van der Waals surface area contributed by atoms with Gasteiger partial charge in [0, 0.05) is 5.57 Å². The molecule has 0 unspecified atom stereocenters. The monoisotopic (exact) mass is 284 g/mol. The van der Waals surface area contributed by atoms with Crippen molar-refractivity contribution in [1.29, 1.82) is 0 Å². The quantitative estimate of drug-likeness (QED) is 0.619. The van der Waals surface area contributed by atoms with Gasteiger partial charge in [0.1, 0.15) is 5.76 Å². The predicted octanol–water partition coefficient (Wildman–Crippen LogP) is 5.24. The molecular formula is C16H28O2S. The predicted molar refractivity (Wildman–Crippen MR) is 83.5 cm³/mol. The second-order valence-corrected chi connectivity index (χ2v) is 7.53. The third-order valence-electron chi connectivity index (χ3n) is 3.88. The maximum Gasteiger partial charge on any atom is 0.219 e. The lowest BCUT2D eigenvalue weighted by atomic mass is 9.93. The molecule has 1 N–H and O–H groups in total. The summed E-state index contributed by atoms with van der Waals surface area (Å²) in [5.74, 6) is 0.456. The summed E-state index contributed by atoms with van der Waals surface area (Å²) in [6, 6.07) is 0. The van der Waals surface area contributed by atoms with Crippen molar-refractivity contribution in [2.75, 3.05) is 0 Å². The van der Waals surface area contributed by atoms with Gasteiger partial charge in [0.05, 0.1) is 4.75 Å². The zero-order valence-corrected chi connectivity index (χ0v) is 13.6. The van der Waals surface area contributed by atoms with Gasteiger partial charge in [-0.05, 0) is 19.3 Å². The Morgan fingerprint density at radius 2 is 1.74 bits per heavy atom. The topological polar surface area (TPSA) is 37.3 Å². The Balaban J connectivity index is 2.47. The number of aliphatic hydroxyl groups is 1. The van der Waals surface area contributed by atoms with E-state index in [2.05, 4.69) is 6.92 Å². The van der Waals surface area contributed by atoms with Gasteiger partial charge in [-0.15, -0.1) is 0 Å². The fourth-order valence-corrected chi connectivity index (χ4v) is 3.92. The van der Waals surface area contributed by atoms with Crippen LogP contribution in [0.4, 0.5) is 0 Å². The van der Waals surface area contributed by atoms with Crippen LogP contribution >= 0.6 is 11.8 Å². The fourth-order valence-electron chi connectivity index (χ4n) is 2.61. The van der Waals surface area contributed by atoms with Gasteiger partial charge in [-0.2, -0.15) is 0 Å². The molecule has 0 aliphatic carbocycles. The molecule has 0 bridgehead atoms. The molecule has 0 radical (unpaired) electrons. The molecule has 2 nitrogen and oxygen atoms in total. The first-order chi connectivity index (χ1) is 8.92. The highest BCUT2D eigenvalue weighted by molar-refractivity contribution is 8.15. The second kappa shape index (κ2) is 7.37. The van der Waals surface area contributed by atoms with Crippen LogP contribution in [0.15, 0.2) is 11.3 Å². The number of hydrogen-bond donors (Lipinski definition) is 1. The van der Waals surface area contributed by atoms with E-state index < -0.39 is 0 Å². The molecule has 0 aromatic rings. The van der Waals surface area contributed by atoms with Crippen LogP contribution in [0.1, 0.15) is 72.6 Å². The van der Waals surface area contributed by atoms with Crippen LogP contribution in [0.25, 0.3) is 0 Å². The van der Waals surface area contributed by atoms with Crippen molar-refractivity contribution in [2.45, 2.75) is 77.4 Å². The van der Waals surface area contributed by atoms with Crippen molar-refractivity contribution in [2.24, 2.45) is 5.92 Å². The maximum absolute atomic E-state index is 12.0. The van der Waals surface area contributed by atoms with Gasteiger partial charge in [-0.25, -0.2) is 0 Å². The van der Waals surface area contributed by atoms with Crippen molar-refractivity contribution in [1.82, 2.24) is 0 Å². The van der Waals surface area contributed by atoms with E-state index in [0.29, 0.717) is 11.3 Å². The molecule has 1 heterocycles. The number of aliphatic hydroxyl groups excluding tert-OH is 1. The minimum Gasteiger partial charge on any atom is -0.510 e. The Bertz CT molecular complexity index is 347. The Morgan fingerprint density at radius 3 is 2.26 bits per heavy atom. The molecule has 1 rings (SSSR count). The van der Waals surface area contributed by atoms with Crippen LogP contribution < -0.4 is 0 Å².